The number of imidazole rings is 1. The minimum absolute atomic E-state index is 0.102. The molecule has 1 N–H and O–H groups in total. The van der Waals surface area contributed by atoms with Crippen LogP contribution in [0.15, 0.2) is 81.6 Å². The summed E-state index contributed by atoms with van der Waals surface area (Å²) in [7, 11) is 0. The molecule has 8 nitrogen and oxygen atoms in total. The second-order valence-electron chi connectivity index (χ2n) is 6.84. The highest BCUT2D eigenvalue weighted by Gasteiger charge is 2.12. The van der Waals surface area contributed by atoms with Crippen LogP contribution in [0.1, 0.15) is 6.42 Å². The van der Waals surface area contributed by atoms with Gasteiger partial charge >= 0.3 is 5.76 Å². The van der Waals surface area contributed by atoms with E-state index in [1.807, 2.05) is 76.8 Å². The maximum Gasteiger partial charge on any atom is 0.437 e. The summed E-state index contributed by atoms with van der Waals surface area (Å²) >= 11 is 1.43. The van der Waals surface area contributed by atoms with Gasteiger partial charge in [-0.2, -0.15) is 4.68 Å². The predicted molar refractivity (Wildman–Crippen MR) is 118 cm³/mol. The summed E-state index contributed by atoms with van der Waals surface area (Å²) in [5, 5.41) is 8.87. The number of pyridine rings is 1. The topological polar surface area (TPSA) is 94.4 Å². The van der Waals surface area contributed by atoms with Crippen molar-refractivity contribution in [2.24, 2.45) is 0 Å². The molecule has 0 spiro atoms. The maximum atomic E-state index is 12.3. The van der Waals surface area contributed by atoms with Crippen molar-refractivity contribution in [1.82, 2.24) is 19.2 Å². The number of carbonyl (C=O) groups excluding carboxylic acids is 1. The lowest BCUT2D eigenvalue weighted by Gasteiger charge is -2.05. The standard InChI is InChI=1S/C22H17N5O3S/c28-20(10-12-27-22(29)30-21(25-27)18-4-3-13-31-18)23-16-8-6-15(7-9-16)17-14-26-11-2-1-5-19(26)24-17/h1-9,11,13-14H,10,12H2,(H,23,28). The molecule has 5 rings (SSSR count). The highest BCUT2D eigenvalue weighted by Crippen LogP contribution is 2.22. The monoisotopic (exact) mass is 431 g/mol. The van der Waals surface area contributed by atoms with Gasteiger partial charge in [0.25, 0.3) is 5.89 Å². The largest absolute Gasteiger partial charge is 0.437 e. The van der Waals surface area contributed by atoms with Gasteiger partial charge in [-0.1, -0.05) is 24.3 Å². The predicted octanol–water partition coefficient (Wildman–Crippen LogP) is 3.91. The van der Waals surface area contributed by atoms with Crippen molar-refractivity contribution < 1.29 is 9.21 Å². The zero-order valence-corrected chi connectivity index (χ0v) is 17.1. The van der Waals surface area contributed by atoms with E-state index in [9.17, 15) is 9.59 Å². The number of fused-ring (bicyclic) bond motifs is 1. The van der Waals surface area contributed by atoms with E-state index in [1.54, 1.807) is 0 Å². The Morgan fingerprint density at radius 1 is 1.10 bits per heavy atom. The Kier molecular flexibility index (Phi) is 4.93. The molecular formula is C22H17N5O3S. The van der Waals surface area contributed by atoms with Crippen LogP contribution in [0.4, 0.5) is 5.69 Å². The summed E-state index contributed by atoms with van der Waals surface area (Å²) in [6, 6.07) is 17.0. The van der Waals surface area contributed by atoms with E-state index in [1.165, 1.54) is 16.0 Å². The van der Waals surface area contributed by atoms with Gasteiger partial charge in [-0.15, -0.1) is 16.4 Å². The molecule has 154 valence electrons. The molecule has 0 saturated carbocycles. The second-order valence-corrected chi connectivity index (χ2v) is 7.79. The first-order valence-corrected chi connectivity index (χ1v) is 10.5. The molecule has 9 heteroatoms. The zero-order valence-electron chi connectivity index (χ0n) is 16.3. The van der Waals surface area contributed by atoms with Gasteiger partial charge in [-0.05, 0) is 35.7 Å². The van der Waals surface area contributed by atoms with Crippen LogP contribution in [0, 0.1) is 0 Å². The number of aryl methyl sites for hydroxylation is 1. The summed E-state index contributed by atoms with van der Waals surface area (Å²) in [5.74, 6) is -0.524. The van der Waals surface area contributed by atoms with Crippen molar-refractivity contribution in [1.29, 1.82) is 0 Å². The van der Waals surface area contributed by atoms with Crippen LogP contribution in [0.5, 0.6) is 0 Å². The summed E-state index contributed by atoms with van der Waals surface area (Å²) in [6.07, 6.45) is 4.01. The van der Waals surface area contributed by atoms with Gasteiger partial charge in [0.2, 0.25) is 5.91 Å². The fourth-order valence-corrected chi connectivity index (χ4v) is 3.82. The summed E-state index contributed by atoms with van der Waals surface area (Å²) in [4.78, 5) is 29.6. The molecule has 0 bridgehead atoms. The van der Waals surface area contributed by atoms with Gasteiger partial charge in [0.15, 0.2) is 0 Å². The van der Waals surface area contributed by atoms with E-state index >= 15 is 0 Å². The molecule has 4 aromatic heterocycles. The van der Waals surface area contributed by atoms with Crippen LogP contribution < -0.4 is 11.1 Å². The molecule has 0 saturated heterocycles. The van der Waals surface area contributed by atoms with E-state index in [0.717, 1.165) is 21.8 Å². The number of aromatic nitrogens is 4. The highest BCUT2D eigenvalue weighted by atomic mass is 32.1. The number of thiophene rings is 1. The molecule has 0 aliphatic heterocycles. The van der Waals surface area contributed by atoms with Gasteiger partial charge in [-0.25, -0.2) is 9.78 Å². The Balaban J connectivity index is 1.21. The van der Waals surface area contributed by atoms with Crippen LogP contribution in [0.2, 0.25) is 0 Å². The number of hydrogen-bond donors (Lipinski definition) is 1. The average Bonchev–Trinajstić information content (AvgIpc) is 3.52. The highest BCUT2D eigenvalue weighted by molar-refractivity contribution is 7.13. The van der Waals surface area contributed by atoms with Gasteiger partial charge < -0.3 is 14.1 Å². The molecule has 0 atom stereocenters. The summed E-state index contributed by atoms with van der Waals surface area (Å²) in [6.45, 7) is 0.138. The molecule has 0 fully saturated rings. The van der Waals surface area contributed by atoms with Crippen molar-refractivity contribution >= 4 is 28.6 Å². The fraction of sp³-hybridized carbons (Fsp3) is 0.0909. The Hall–Kier alpha value is -3.98. The summed E-state index contributed by atoms with van der Waals surface area (Å²) in [5.41, 5.74) is 3.36. The molecule has 4 heterocycles. The van der Waals surface area contributed by atoms with Crippen molar-refractivity contribution in [3.63, 3.8) is 0 Å². The van der Waals surface area contributed by atoms with Gasteiger partial charge in [0, 0.05) is 30.1 Å². The van der Waals surface area contributed by atoms with E-state index in [4.69, 9.17) is 4.42 Å². The van der Waals surface area contributed by atoms with Crippen LogP contribution >= 0.6 is 11.3 Å². The Labute approximate surface area is 180 Å². The number of hydrogen-bond acceptors (Lipinski definition) is 6. The van der Waals surface area contributed by atoms with E-state index in [-0.39, 0.29) is 24.8 Å². The van der Waals surface area contributed by atoms with Crippen LogP contribution in [-0.4, -0.2) is 25.1 Å². The molecular weight excluding hydrogens is 414 g/mol. The van der Waals surface area contributed by atoms with Crippen molar-refractivity contribution in [2.75, 3.05) is 5.32 Å². The maximum absolute atomic E-state index is 12.3. The van der Waals surface area contributed by atoms with Crippen LogP contribution in [0.25, 0.3) is 27.7 Å². The molecule has 0 unspecified atom stereocenters. The van der Waals surface area contributed by atoms with Crippen molar-refractivity contribution in [3.05, 3.63) is 82.9 Å². The molecule has 1 aromatic carbocycles. The second kappa shape index (κ2) is 8.04. The Bertz CT molecular complexity index is 1360. The number of carbonyl (C=O) groups is 1. The van der Waals surface area contributed by atoms with E-state index in [2.05, 4.69) is 15.4 Å². The molecule has 5 aromatic rings. The fourth-order valence-electron chi connectivity index (χ4n) is 3.18. The third-order valence-corrected chi connectivity index (χ3v) is 5.58. The van der Waals surface area contributed by atoms with Crippen molar-refractivity contribution in [2.45, 2.75) is 13.0 Å². The van der Waals surface area contributed by atoms with Crippen LogP contribution in [0.3, 0.4) is 0 Å². The normalized spacial score (nSPS) is 11.1. The number of amides is 1. The van der Waals surface area contributed by atoms with E-state index < -0.39 is 5.76 Å². The number of rotatable bonds is 6. The number of nitrogens with zero attached hydrogens (tertiary/aromatic N) is 4. The third-order valence-electron chi connectivity index (χ3n) is 4.72. The SMILES string of the molecule is O=C(CCn1nc(-c2cccs2)oc1=O)Nc1ccc(-c2cn3ccccc3n2)cc1. The lowest BCUT2D eigenvalue weighted by Crippen LogP contribution is -2.20. The minimum Gasteiger partial charge on any atom is -0.387 e. The first-order chi connectivity index (χ1) is 15.2. The number of nitrogens with one attached hydrogen (secondary N) is 1. The minimum atomic E-state index is -0.576. The first kappa shape index (κ1) is 19.0. The van der Waals surface area contributed by atoms with E-state index in [0.29, 0.717) is 5.69 Å². The lowest BCUT2D eigenvalue weighted by molar-refractivity contribution is -0.116. The first-order valence-electron chi connectivity index (χ1n) is 9.61. The molecule has 0 aliphatic carbocycles. The zero-order chi connectivity index (χ0) is 21.2. The lowest BCUT2D eigenvalue weighted by atomic mass is 10.1. The van der Waals surface area contributed by atoms with Gasteiger partial charge in [0.05, 0.1) is 17.1 Å². The average molecular weight is 431 g/mol. The number of anilines is 1. The van der Waals surface area contributed by atoms with Crippen molar-refractivity contribution in [3.8, 4) is 22.0 Å². The smallest absolute Gasteiger partial charge is 0.387 e. The molecule has 0 radical (unpaired) electrons. The van der Waals surface area contributed by atoms with Crippen LogP contribution in [-0.2, 0) is 11.3 Å². The Morgan fingerprint density at radius 2 is 1.97 bits per heavy atom. The molecule has 31 heavy (non-hydrogen) atoms. The van der Waals surface area contributed by atoms with Gasteiger partial charge in [-0.3, -0.25) is 4.79 Å². The molecule has 0 aliphatic rings. The quantitative estimate of drug-likeness (QED) is 0.440. The Morgan fingerprint density at radius 3 is 2.74 bits per heavy atom. The third kappa shape index (κ3) is 4.03. The van der Waals surface area contributed by atoms with Gasteiger partial charge in [0.1, 0.15) is 5.65 Å². The summed E-state index contributed by atoms with van der Waals surface area (Å²) < 4.78 is 8.28. The number of benzene rings is 1. The molecule has 1 amide bonds.